The lowest BCUT2D eigenvalue weighted by Gasteiger charge is -2.30. The number of amides is 1. The minimum absolute atomic E-state index is 0. The summed E-state index contributed by atoms with van der Waals surface area (Å²) in [6, 6.07) is 4.04. The minimum atomic E-state index is -0.0112. The Kier molecular flexibility index (Phi) is 7.91. The van der Waals surface area contributed by atoms with Crippen LogP contribution in [-0.2, 0) is 0 Å². The molecule has 1 aromatic heterocycles. The lowest BCUT2D eigenvalue weighted by molar-refractivity contribution is 0.0919. The molecule has 2 atom stereocenters. The molecule has 0 aliphatic carbocycles. The summed E-state index contributed by atoms with van der Waals surface area (Å²) in [6.07, 6.45) is 5.44. The van der Waals surface area contributed by atoms with Gasteiger partial charge < -0.3 is 10.6 Å². The normalized spacial score (nSPS) is 22.3. The Morgan fingerprint density at radius 1 is 1.39 bits per heavy atom. The fourth-order valence-corrected chi connectivity index (χ4v) is 2.00. The van der Waals surface area contributed by atoms with Crippen molar-refractivity contribution in [3.05, 3.63) is 30.1 Å². The zero-order valence-corrected chi connectivity index (χ0v) is 11.9. The molecule has 1 saturated heterocycles. The average Bonchev–Trinajstić information content (AvgIpc) is 2.33. The molecule has 1 aliphatic rings. The van der Waals surface area contributed by atoms with Crippen molar-refractivity contribution in [2.24, 2.45) is 0 Å². The van der Waals surface area contributed by atoms with E-state index in [4.69, 9.17) is 0 Å². The van der Waals surface area contributed by atoms with E-state index in [1.807, 2.05) is 0 Å². The Morgan fingerprint density at radius 3 is 2.67 bits per heavy atom. The van der Waals surface area contributed by atoms with Crippen LogP contribution in [0.4, 0.5) is 0 Å². The summed E-state index contributed by atoms with van der Waals surface area (Å²) >= 11 is 0. The highest BCUT2D eigenvalue weighted by atomic mass is 35.5. The van der Waals surface area contributed by atoms with Crippen LogP contribution in [0.5, 0.6) is 0 Å². The Labute approximate surface area is 120 Å². The molecule has 1 amide bonds. The van der Waals surface area contributed by atoms with Crippen LogP contribution in [0.25, 0.3) is 0 Å². The summed E-state index contributed by atoms with van der Waals surface area (Å²) < 4.78 is 0. The monoisotopic (exact) mass is 291 g/mol. The first-order valence-electron chi connectivity index (χ1n) is 5.71. The Hall–Kier alpha value is -0.840. The zero-order chi connectivity index (χ0) is 11.4. The third kappa shape index (κ3) is 4.44. The Bertz CT molecular complexity index is 362. The third-order valence-corrected chi connectivity index (χ3v) is 3.02. The van der Waals surface area contributed by atoms with Crippen molar-refractivity contribution in [3.8, 4) is 0 Å². The van der Waals surface area contributed by atoms with E-state index in [-0.39, 0.29) is 36.8 Å². The predicted molar refractivity (Wildman–Crippen MR) is 76.7 cm³/mol. The molecule has 2 heterocycles. The van der Waals surface area contributed by atoms with Crippen LogP contribution in [0.3, 0.4) is 0 Å². The van der Waals surface area contributed by atoms with Gasteiger partial charge in [0.2, 0.25) is 0 Å². The first-order chi connectivity index (χ1) is 7.77. The van der Waals surface area contributed by atoms with E-state index in [0.29, 0.717) is 11.6 Å². The van der Waals surface area contributed by atoms with E-state index in [1.54, 1.807) is 24.5 Å². The van der Waals surface area contributed by atoms with Gasteiger partial charge in [-0.15, -0.1) is 24.8 Å². The predicted octanol–water partition coefficient (Wildman–Crippen LogP) is 1.80. The SMILES string of the molecule is CC1NCCCC1NC(=O)c1ccncc1.Cl.Cl. The number of piperidine rings is 1. The lowest BCUT2D eigenvalue weighted by atomic mass is 9.99. The first kappa shape index (κ1) is 17.2. The van der Waals surface area contributed by atoms with E-state index >= 15 is 0 Å². The molecule has 1 fully saturated rings. The second-order valence-electron chi connectivity index (χ2n) is 4.20. The van der Waals surface area contributed by atoms with Gasteiger partial charge in [-0.05, 0) is 38.4 Å². The molecule has 0 radical (unpaired) electrons. The number of carbonyl (C=O) groups excluding carboxylic acids is 1. The van der Waals surface area contributed by atoms with Crippen LogP contribution in [0.2, 0.25) is 0 Å². The number of nitrogens with one attached hydrogen (secondary N) is 2. The molecule has 2 N–H and O–H groups in total. The van der Waals surface area contributed by atoms with Crippen molar-refractivity contribution < 1.29 is 4.79 Å². The standard InChI is InChI=1S/C12H17N3O.2ClH/c1-9-11(3-2-6-14-9)15-12(16)10-4-7-13-8-5-10;;/h4-5,7-9,11,14H,2-3,6H2,1H3,(H,15,16);2*1H. The van der Waals surface area contributed by atoms with Crippen molar-refractivity contribution in [1.82, 2.24) is 15.6 Å². The molecule has 2 rings (SSSR count). The maximum Gasteiger partial charge on any atom is 0.251 e. The van der Waals surface area contributed by atoms with Crippen LogP contribution in [0, 0.1) is 0 Å². The number of carbonyl (C=O) groups is 1. The highest BCUT2D eigenvalue weighted by Gasteiger charge is 2.22. The topological polar surface area (TPSA) is 54.0 Å². The van der Waals surface area contributed by atoms with Gasteiger partial charge in [0.05, 0.1) is 0 Å². The van der Waals surface area contributed by atoms with E-state index < -0.39 is 0 Å². The molecule has 0 spiro atoms. The molecule has 0 aromatic carbocycles. The maximum atomic E-state index is 11.9. The summed E-state index contributed by atoms with van der Waals surface area (Å²) in [5.41, 5.74) is 0.674. The molecule has 0 bridgehead atoms. The average molecular weight is 292 g/mol. The van der Waals surface area contributed by atoms with Crippen LogP contribution >= 0.6 is 24.8 Å². The van der Waals surface area contributed by atoms with Gasteiger partial charge in [0.15, 0.2) is 0 Å². The molecule has 1 aromatic rings. The molecular formula is C12H19Cl2N3O. The van der Waals surface area contributed by atoms with Gasteiger partial charge in [-0.1, -0.05) is 0 Å². The summed E-state index contributed by atoms with van der Waals surface area (Å²) in [5, 5.41) is 6.42. The smallest absolute Gasteiger partial charge is 0.251 e. The molecule has 4 nitrogen and oxygen atoms in total. The summed E-state index contributed by atoms with van der Waals surface area (Å²) in [6.45, 7) is 3.15. The van der Waals surface area contributed by atoms with Gasteiger partial charge in [-0.3, -0.25) is 9.78 Å². The molecule has 18 heavy (non-hydrogen) atoms. The summed E-state index contributed by atoms with van der Waals surface area (Å²) in [4.78, 5) is 15.8. The van der Waals surface area contributed by atoms with Crippen molar-refractivity contribution in [2.45, 2.75) is 31.8 Å². The van der Waals surface area contributed by atoms with Crippen LogP contribution in [-0.4, -0.2) is 29.5 Å². The van der Waals surface area contributed by atoms with Crippen LogP contribution in [0.15, 0.2) is 24.5 Å². The number of rotatable bonds is 2. The van der Waals surface area contributed by atoms with Gasteiger partial charge >= 0.3 is 0 Å². The first-order valence-corrected chi connectivity index (χ1v) is 5.71. The maximum absolute atomic E-state index is 11.9. The van der Waals surface area contributed by atoms with Gasteiger partial charge in [-0.25, -0.2) is 0 Å². The number of hydrogen-bond acceptors (Lipinski definition) is 3. The molecule has 6 heteroatoms. The largest absolute Gasteiger partial charge is 0.348 e. The molecular weight excluding hydrogens is 273 g/mol. The van der Waals surface area contributed by atoms with E-state index in [1.165, 1.54) is 0 Å². The van der Waals surface area contributed by atoms with Gasteiger partial charge in [0.25, 0.3) is 5.91 Å². The molecule has 0 saturated carbocycles. The molecule has 2 unspecified atom stereocenters. The van der Waals surface area contributed by atoms with E-state index in [9.17, 15) is 4.79 Å². The van der Waals surface area contributed by atoms with Crippen molar-refractivity contribution >= 4 is 30.7 Å². The van der Waals surface area contributed by atoms with Gasteiger partial charge in [0, 0.05) is 30.0 Å². The van der Waals surface area contributed by atoms with Crippen LogP contribution < -0.4 is 10.6 Å². The Morgan fingerprint density at radius 2 is 2.06 bits per heavy atom. The van der Waals surface area contributed by atoms with Gasteiger partial charge in [0.1, 0.15) is 0 Å². The van der Waals surface area contributed by atoms with Crippen molar-refractivity contribution in [3.63, 3.8) is 0 Å². The fraction of sp³-hybridized carbons (Fsp3) is 0.500. The number of hydrogen-bond donors (Lipinski definition) is 2. The highest BCUT2D eigenvalue weighted by Crippen LogP contribution is 2.09. The number of nitrogens with zero attached hydrogens (tertiary/aromatic N) is 1. The molecule has 102 valence electrons. The zero-order valence-electron chi connectivity index (χ0n) is 10.3. The van der Waals surface area contributed by atoms with Gasteiger partial charge in [-0.2, -0.15) is 0 Å². The fourth-order valence-electron chi connectivity index (χ4n) is 2.00. The van der Waals surface area contributed by atoms with Crippen molar-refractivity contribution in [1.29, 1.82) is 0 Å². The van der Waals surface area contributed by atoms with E-state index in [2.05, 4.69) is 22.5 Å². The quantitative estimate of drug-likeness (QED) is 0.874. The third-order valence-electron chi connectivity index (χ3n) is 3.02. The second-order valence-corrected chi connectivity index (χ2v) is 4.20. The summed E-state index contributed by atoms with van der Waals surface area (Å²) in [7, 11) is 0. The molecule has 1 aliphatic heterocycles. The minimum Gasteiger partial charge on any atom is -0.348 e. The highest BCUT2D eigenvalue weighted by molar-refractivity contribution is 5.94. The summed E-state index contributed by atoms with van der Waals surface area (Å²) in [5.74, 6) is -0.0112. The van der Waals surface area contributed by atoms with Crippen molar-refractivity contribution in [2.75, 3.05) is 6.54 Å². The number of pyridine rings is 1. The lowest BCUT2D eigenvalue weighted by Crippen LogP contribution is -2.51. The second kappa shape index (κ2) is 8.29. The van der Waals surface area contributed by atoms with E-state index in [0.717, 1.165) is 19.4 Å². The Balaban J connectivity index is 0.00000144. The number of aromatic nitrogens is 1. The van der Waals surface area contributed by atoms with Crippen LogP contribution in [0.1, 0.15) is 30.1 Å². The number of halogens is 2.